The second-order valence-electron chi connectivity index (χ2n) is 4.68. The van der Waals surface area contributed by atoms with Crippen LogP contribution in [0, 0.1) is 0 Å². The number of ether oxygens (including phenoxy) is 1. The fourth-order valence-corrected chi connectivity index (χ4v) is 2.46. The van der Waals surface area contributed by atoms with Crippen LogP contribution >= 0.6 is 15.9 Å². The van der Waals surface area contributed by atoms with Gasteiger partial charge in [0, 0.05) is 23.6 Å². The van der Waals surface area contributed by atoms with Crippen molar-refractivity contribution in [2.24, 2.45) is 7.05 Å². The molecule has 0 fully saturated rings. The Morgan fingerprint density at radius 3 is 2.80 bits per heavy atom. The first-order valence-corrected chi connectivity index (χ1v) is 7.51. The average molecular weight is 338 g/mol. The maximum absolute atomic E-state index is 5.95. The van der Waals surface area contributed by atoms with E-state index in [1.807, 2.05) is 30.9 Å². The van der Waals surface area contributed by atoms with Crippen molar-refractivity contribution in [1.29, 1.82) is 0 Å². The maximum atomic E-state index is 5.95. The van der Waals surface area contributed by atoms with Crippen molar-refractivity contribution in [2.45, 2.75) is 26.5 Å². The monoisotopic (exact) mass is 337 g/mol. The minimum Gasteiger partial charge on any atom is -0.487 e. The Hall–Kier alpha value is -1.33. The molecule has 108 valence electrons. The normalized spacial score (nSPS) is 10.8. The van der Waals surface area contributed by atoms with Crippen LogP contribution in [-0.4, -0.2) is 16.8 Å². The van der Waals surface area contributed by atoms with Gasteiger partial charge >= 0.3 is 0 Å². The van der Waals surface area contributed by atoms with Crippen LogP contribution in [0.4, 0.5) is 0 Å². The summed E-state index contributed by atoms with van der Waals surface area (Å²) in [5.41, 5.74) is 3.32. The summed E-state index contributed by atoms with van der Waals surface area (Å²) in [6, 6.07) is 8.16. The molecule has 0 unspecified atom stereocenters. The summed E-state index contributed by atoms with van der Waals surface area (Å²) in [5, 5.41) is 7.59. The first-order valence-electron chi connectivity index (χ1n) is 6.71. The van der Waals surface area contributed by atoms with Crippen LogP contribution in [0.15, 0.2) is 28.7 Å². The van der Waals surface area contributed by atoms with Crippen molar-refractivity contribution in [2.75, 3.05) is 7.05 Å². The maximum Gasteiger partial charge on any atom is 0.130 e. The van der Waals surface area contributed by atoms with Gasteiger partial charge in [0.25, 0.3) is 0 Å². The van der Waals surface area contributed by atoms with Crippen LogP contribution in [0.3, 0.4) is 0 Å². The molecule has 1 N–H and O–H groups in total. The molecule has 0 bridgehead atoms. The van der Waals surface area contributed by atoms with Crippen LogP contribution in [0.5, 0.6) is 5.75 Å². The van der Waals surface area contributed by atoms with Gasteiger partial charge in [0.05, 0.1) is 11.4 Å². The number of halogens is 1. The fourth-order valence-electron chi connectivity index (χ4n) is 2.05. The van der Waals surface area contributed by atoms with E-state index in [9.17, 15) is 0 Å². The number of nitrogens with zero attached hydrogens (tertiary/aromatic N) is 2. The quantitative estimate of drug-likeness (QED) is 0.880. The second-order valence-corrected chi connectivity index (χ2v) is 5.59. The van der Waals surface area contributed by atoms with Gasteiger partial charge in [-0.25, -0.2) is 0 Å². The number of rotatable bonds is 6. The third-order valence-electron chi connectivity index (χ3n) is 3.15. The van der Waals surface area contributed by atoms with Gasteiger partial charge in [-0.3, -0.25) is 4.68 Å². The lowest BCUT2D eigenvalue weighted by molar-refractivity contribution is 0.291. The van der Waals surface area contributed by atoms with Crippen molar-refractivity contribution in [3.63, 3.8) is 0 Å². The highest BCUT2D eigenvalue weighted by molar-refractivity contribution is 9.10. The predicted octanol–water partition coefficient (Wildman–Crippen LogP) is 3.04. The zero-order chi connectivity index (χ0) is 14.5. The number of hydrogen-bond donors (Lipinski definition) is 1. The highest BCUT2D eigenvalue weighted by Crippen LogP contribution is 2.24. The lowest BCUT2D eigenvalue weighted by Crippen LogP contribution is -2.09. The van der Waals surface area contributed by atoms with Gasteiger partial charge in [-0.2, -0.15) is 5.10 Å². The summed E-state index contributed by atoms with van der Waals surface area (Å²) in [5.74, 6) is 0.904. The van der Waals surface area contributed by atoms with Gasteiger partial charge in [0.1, 0.15) is 12.4 Å². The zero-order valence-corrected chi connectivity index (χ0v) is 13.7. The molecule has 0 saturated carbocycles. The number of nitrogens with one attached hydrogen (secondary N) is 1. The Labute approximate surface area is 128 Å². The van der Waals surface area contributed by atoms with Gasteiger partial charge < -0.3 is 10.1 Å². The molecule has 0 atom stereocenters. The molecule has 2 rings (SSSR count). The summed E-state index contributed by atoms with van der Waals surface area (Å²) < 4.78 is 8.89. The fraction of sp³-hybridized carbons (Fsp3) is 0.400. The van der Waals surface area contributed by atoms with Crippen molar-refractivity contribution < 1.29 is 4.74 Å². The van der Waals surface area contributed by atoms with E-state index in [1.54, 1.807) is 0 Å². The van der Waals surface area contributed by atoms with Gasteiger partial charge in [0.2, 0.25) is 0 Å². The highest BCUT2D eigenvalue weighted by Gasteiger charge is 2.08. The van der Waals surface area contributed by atoms with Gasteiger partial charge in [-0.1, -0.05) is 22.9 Å². The first kappa shape index (κ1) is 15.1. The van der Waals surface area contributed by atoms with E-state index in [0.717, 1.165) is 40.1 Å². The standard InChI is InChI=1S/C15H20BrN3O/c1-4-13-8-14(19(3)18-13)10-20-15-6-5-12(16)7-11(15)9-17-2/h5-8,17H,4,9-10H2,1-3H3. The topological polar surface area (TPSA) is 39.1 Å². The predicted molar refractivity (Wildman–Crippen MR) is 83.8 cm³/mol. The molecular weight excluding hydrogens is 318 g/mol. The van der Waals surface area contributed by atoms with E-state index >= 15 is 0 Å². The Bertz CT molecular complexity index is 580. The average Bonchev–Trinajstić information content (AvgIpc) is 2.79. The molecule has 20 heavy (non-hydrogen) atoms. The molecule has 0 aliphatic heterocycles. The molecule has 0 amide bonds. The Morgan fingerprint density at radius 1 is 1.35 bits per heavy atom. The van der Waals surface area contributed by atoms with E-state index < -0.39 is 0 Å². The minimum atomic E-state index is 0.530. The van der Waals surface area contributed by atoms with Crippen LogP contribution in [0.25, 0.3) is 0 Å². The SMILES string of the molecule is CCc1cc(COc2ccc(Br)cc2CNC)n(C)n1. The van der Waals surface area contributed by atoms with Crippen LogP contribution in [0.2, 0.25) is 0 Å². The molecule has 4 nitrogen and oxygen atoms in total. The first-order chi connectivity index (χ1) is 9.63. The number of aryl methyl sites for hydroxylation is 2. The smallest absolute Gasteiger partial charge is 0.130 e. The van der Waals surface area contributed by atoms with Crippen molar-refractivity contribution in [3.8, 4) is 5.75 Å². The Kier molecular flexibility index (Phi) is 5.20. The Balaban J connectivity index is 2.11. The zero-order valence-electron chi connectivity index (χ0n) is 12.1. The molecule has 2 aromatic rings. The molecule has 1 aromatic heterocycles. The molecule has 0 radical (unpaired) electrons. The van der Waals surface area contributed by atoms with Crippen molar-refractivity contribution in [1.82, 2.24) is 15.1 Å². The molecule has 1 heterocycles. The van der Waals surface area contributed by atoms with Gasteiger partial charge in [0.15, 0.2) is 0 Å². The molecule has 1 aromatic carbocycles. The summed E-state index contributed by atoms with van der Waals surface area (Å²) >= 11 is 3.49. The van der Waals surface area contributed by atoms with Crippen LogP contribution in [-0.2, 0) is 26.6 Å². The van der Waals surface area contributed by atoms with Gasteiger partial charge in [-0.05, 0) is 37.7 Å². The van der Waals surface area contributed by atoms with Crippen LogP contribution in [0.1, 0.15) is 23.9 Å². The van der Waals surface area contributed by atoms with Crippen molar-refractivity contribution in [3.05, 3.63) is 45.7 Å². The minimum absolute atomic E-state index is 0.530. The largest absolute Gasteiger partial charge is 0.487 e. The lowest BCUT2D eigenvalue weighted by atomic mass is 10.2. The van der Waals surface area contributed by atoms with Crippen molar-refractivity contribution >= 4 is 15.9 Å². The number of benzene rings is 1. The third-order valence-corrected chi connectivity index (χ3v) is 3.65. The number of hydrogen-bond acceptors (Lipinski definition) is 3. The summed E-state index contributed by atoms with van der Waals surface area (Å²) in [6.45, 7) is 3.41. The molecule has 0 saturated heterocycles. The van der Waals surface area contributed by atoms with E-state index in [0.29, 0.717) is 6.61 Å². The molecule has 0 aliphatic carbocycles. The Morgan fingerprint density at radius 2 is 2.15 bits per heavy atom. The molecule has 0 spiro atoms. The molecular formula is C15H20BrN3O. The molecule has 5 heteroatoms. The van der Waals surface area contributed by atoms with E-state index in [-0.39, 0.29) is 0 Å². The second kappa shape index (κ2) is 6.90. The summed E-state index contributed by atoms with van der Waals surface area (Å²) in [4.78, 5) is 0. The van der Waals surface area contributed by atoms with E-state index in [4.69, 9.17) is 4.74 Å². The summed E-state index contributed by atoms with van der Waals surface area (Å²) in [7, 11) is 3.88. The van der Waals surface area contributed by atoms with E-state index in [2.05, 4.69) is 45.4 Å². The van der Waals surface area contributed by atoms with E-state index in [1.165, 1.54) is 0 Å². The van der Waals surface area contributed by atoms with Crippen LogP contribution < -0.4 is 10.1 Å². The summed E-state index contributed by atoms with van der Waals surface area (Å²) in [6.07, 6.45) is 0.942. The molecule has 0 aliphatic rings. The highest BCUT2D eigenvalue weighted by atomic mass is 79.9. The van der Waals surface area contributed by atoms with Gasteiger partial charge in [-0.15, -0.1) is 0 Å². The lowest BCUT2D eigenvalue weighted by Gasteiger charge is -2.12. The number of aromatic nitrogens is 2. The third kappa shape index (κ3) is 3.61.